The molecule has 0 aliphatic rings. The Bertz CT molecular complexity index is 372. The zero-order chi connectivity index (χ0) is 8.32. The van der Waals surface area contributed by atoms with Crippen LogP contribution in [0.2, 0.25) is 0 Å². The molecule has 1 aromatic heterocycles. The van der Waals surface area contributed by atoms with Crippen LogP contribution in [0.4, 0.5) is 0 Å². The molecule has 58 valence electrons. The third-order valence-electron chi connectivity index (χ3n) is 0.907. The Morgan fingerprint density at radius 2 is 2.36 bits per heavy atom. The van der Waals surface area contributed by atoms with E-state index in [0.29, 0.717) is 0 Å². The standard InChI is InChI=1S/C5H3NO2S3/c7-11(8,6-4-9)5-2-1-3-10-5/h1-3H. The largest absolute Gasteiger partial charge is 0.300 e. The molecule has 0 amide bonds. The summed E-state index contributed by atoms with van der Waals surface area (Å²) >= 11 is 5.28. The van der Waals surface area contributed by atoms with E-state index in [1.54, 1.807) is 11.4 Å². The van der Waals surface area contributed by atoms with E-state index in [4.69, 9.17) is 0 Å². The van der Waals surface area contributed by atoms with E-state index in [1.807, 2.05) is 5.16 Å². The Morgan fingerprint density at radius 1 is 1.64 bits per heavy atom. The summed E-state index contributed by atoms with van der Waals surface area (Å²) < 4.78 is 25.3. The highest BCUT2D eigenvalue weighted by Gasteiger charge is 2.11. The quantitative estimate of drug-likeness (QED) is 0.543. The lowest BCUT2D eigenvalue weighted by molar-refractivity contribution is 0.600. The molecular formula is C5H3NO2S3. The van der Waals surface area contributed by atoms with Gasteiger partial charge in [0.15, 0.2) is 0 Å². The first-order valence-corrected chi connectivity index (χ1v) is 5.27. The van der Waals surface area contributed by atoms with E-state index in [-0.39, 0.29) is 4.21 Å². The van der Waals surface area contributed by atoms with Crippen LogP contribution in [-0.4, -0.2) is 13.6 Å². The number of thiophene rings is 1. The minimum absolute atomic E-state index is 0.190. The lowest BCUT2D eigenvalue weighted by Crippen LogP contribution is -1.91. The average molecular weight is 205 g/mol. The van der Waals surface area contributed by atoms with Gasteiger partial charge in [0.05, 0.1) is 5.16 Å². The maximum atomic E-state index is 11.0. The zero-order valence-corrected chi connectivity index (χ0v) is 7.67. The van der Waals surface area contributed by atoms with Crippen molar-refractivity contribution in [3.8, 4) is 0 Å². The summed E-state index contributed by atoms with van der Waals surface area (Å²) in [4.78, 5) is 0. The first kappa shape index (κ1) is 8.55. The molecule has 0 unspecified atom stereocenters. The predicted molar refractivity (Wildman–Crippen MR) is 46.5 cm³/mol. The molecule has 3 nitrogen and oxygen atoms in total. The maximum absolute atomic E-state index is 11.0. The van der Waals surface area contributed by atoms with E-state index < -0.39 is 10.0 Å². The molecule has 0 aromatic carbocycles. The number of hydrogen-bond donors (Lipinski definition) is 0. The third kappa shape index (κ3) is 1.94. The molecule has 0 spiro atoms. The number of rotatable bonds is 2. The van der Waals surface area contributed by atoms with Gasteiger partial charge in [-0.1, -0.05) is 6.07 Å². The fourth-order valence-electron chi connectivity index (χ4n) is 0.504. The monoisotopic (exact) mass is 205 g/mol. The average Bonchev–Trinajstić information content (AvgIpc) is 2.37. The third-order valence-corrected chi connectivity index (χ3v) is 3.67. The summed E-state index contributed by atoms with van der Waals surface area (Å²) in [6.07, 6.45) is 0. The molecule has 0 radical (unpaired) electrons. The smallest absolute Gasteiger partial charge is 0.198 e. The van der Waals surface area contributed by atoms with Gasteiger partial charge < -0.3 is 0 Å². The van der Waals surface area contributed by atoms with E-state index in [0.717, 1.165) is 11.3 Å². The normalized spacial score (nSPS) is 10.5. The predicted octanol–water partition coefficient (Wildman–Crippen LogP) is 1.54. The van der Waals surface area contributed by atoms with Crippen LogP contribution < -0.4 is 0 Å². The van der Waals surface area contributed by atoms with Crippen molar-refractivity contribution in [1.82, 2.24) is 0 Å². The number of thiocarbonyl (C=S) groups is 1. The van der Waals surface area contributed by atoms with Crippen LogP contribution >= 0.6 is 23.6 Å². The molecule has 1 heterocycles. The SMILES string of the molecule is O=S(=O)(N=C=S)c1cccs1. The highest BCUT2D eigenvalue weighted by atomic mass is 32.2. The molecular weight excluding hydrogens is 202 g/mol. The second-order valence-electron chi connectivity index (χ2n) is 1.59. The Kier molecular flexibility index (Phi) is 2.51. The molecule has 11 heavy (non-hydrogen) atoms. The van der Waals surface area contributed by atoms with E-state index in [9.17, 15) is 8.42 Å². The summed E-state index contributed by atoms with van der Waals surface area (Å²) in [7, 11) is -3.54. The highest BCUT2D eigenvalue weighted by Crippen LogP contribution is 2.17. The minimum Gasteiger partial charge on any atom is -0.198 e. The molecule has 1 aromatic rings. The molecule has 0 bridgehead atoms. The molecule has 0 N–H and O–H groups in total. The number of hydrogen-bond acceptors (Lipinski definition) is 4. The van der Waals surface area contributed by atoms with Gasteiger partial charge in [0.2, 0.25) is 0 Å². The molecule has 0 aliphatic carbocycles. The van der Waals surface area contributed by atoms with Gasteiger partial charge in [-0.05, 0) is 23.7 Å². The Hall–Kier alpha value is -0.550. The van der Waals surface area contributed by atoms with Crippen LogP contribution in [0.1, 0.15) is 0 Å². The number of isothiocyanates is 1. The van der Waals surface area contributed by atoms with Crippen LogP contribution in [0.15, 0.2) is 26.1 Å². The van der Waals surface area contributed by atoms with Crippen LogP contribution in [-0.2, 0) is 10.0 Å². The van der Waals surface area contributed by atoms with Gasteiger partial charge in [0, 0.05) is 0 Å². The van der Waals surface area contributed by atoms with E-state index in [2.05, 4.69) is 16.6 Å². The minimum atomic E-state index is -3.54. The molecule has 6 heteroatoms. The van der Waals surface area contributed by atoms with Crippen molar-refractivity contribution in [2.24, 2.45) is 4.40 Å². The Morgan fingerprint density at radius 3 is 2.82 bits per heavy atom. The summed E-state index contributed by atoms with van der Waals surface area (Å²) in [5, 5.41) is 3.48. The summed E-state index contributed by atoms with van der Waals surface area (Å²) in [6.45, 7) is 0. The van der Waals surface area contributed by atoms with Crippen LogP contribution in [0.5, 0.6) is 0 Å². The Labute approximate surface area is 73.5 Å². The first-order valence-electron chi connectivity index (χ1n) is 2.54. The van der Waals surface area contributed by atoms with Gasteiger partial charge >= 0.3 is 0 Å². The van der Waals surface area contributed by atoms with Gasteiger partial charge in [0.25, 0.3) is 10.0 Å². The van der Waals surface area contributed by atoms with Gasteiger partial charge in [-0.25, -0.2) is 0 Å². The second-order valence-corrected chi connectivity index (χ2v) is 4.55. The van der Waals surface area contributed by atoms with Crippen LogP contribution in [0.3, 0.4) is 0 Å². The molecule has 0 saturated carbocycles. The molecule has 0 saturated heterocycles. The molecule has 0 fully saturated rings. The fourth-order valence-corrected chi connectivity index (χ4v) is 2.45. The van der Waals surface area contributed by atoms with Gasteiger partial charge in [-0.2, -0.15) is 8.42 Å². The van der Waals surface area contributed by atoms with Crippen molar-refractivity contribution >= 4 is 38.7 Å². The number of sulfonamides is 1. The molecule has 1 rings (SSSR count). The molecule has 0 aliphatic heterocycles. The van der Waals surface area contributed by atoms with Gasteiger partial charge in [-0.3, -0.25) is 0 Å². The second kappa shape index (κ2) is 3.23. The summed E-state index contributed by atoms with van der Waals surface area (Å²) in [6, 6.07) is 3.10. The fraction of sp³-hybridized carbons (Fsp3) is 0. The maximum Gasteiger partial charge on any atom is 0.300 e. The Balaban J connectivity index is 3.22. The number of nitrogens with zero attached hydrogens (tertiary/aromatic N) is 1. The van der Waals surface area contributed by atoms with Crippen molar-refractivity contribution in [2.45, 2.75) is 4.21 Å². The van der Waals surface area contributed by atoms with Crippen molar-refractivity contribution in [2.75, 3.05) is 0 Å². The van der Waals surface area contributed by atoms with E-state index >= 15 is 0 Å². The lowest BCUT2D eigenvalue weighted by Gasteiger charge is -1.86. The van der Waals surface area contributed by atoms with Crippen molar-refractivity contribution < 1.29 is 8.42 Å². The van der Waals surface area contributed by atoms with Crippen molar-refractivity contribution in [3.63, 3.8) is 0 Å². The van der Waals surface area contributed by atoms with E-state index in [1.165, 1.54) is 6.07 Å². The first-order chi connectivity index (χ1) is 5.17. The lowest BCUT2D eigenvalue weighted by atomic mass is 10.7. The van der Waals surface area contributed by atoms with Crippen molar-refractivity contribution in [3.05, 3.63) is 17.5 Å². The molecule has 0 atom stereocenters. The topological polar surface area (TPSA) is 46.5 Å². The zero-order valence-electron chi connectivity index (χ0n) is 5.22. The van der Waals surface area contributed by atoms with Gasteiger partial charge in [-0.15, -0.1) is 15.7 Å². The highest BCUT2D eigenvalue weighted by molar-refractivity contribution is 7.92. The van der Waals surface area contributed by atoms with Gasteiger partial charge in [0.1, 0.15) is 4.21 Å². The van der Waals surface area contributed by atoms with Crippen molar-refractivity contribution in [1.29, 1.82) is 0 Å². The van der Waals surface area contributed by atoms with Crippen LogP contribution in [0.25, 0.3) is 0 Å². The summed E-state index contributed by atoms with van der Waals surface area (Å²) in [5.74, 6) is 0. The van der Waals surface area contributed by atoms with Crippen LogP contribution in [0, 0.1) is 0 Å². The summed E-state index contributed by atoms with van der Waals surface area (Å²) in [5.41, 5.74) is 0.